The Labute approximate surface area is 121 Å². The van der Waals surface area contributed by atoms with Crippen molar-refractivity contribution in [3.8, 4) is 11.6 Å². The van der Waals surface area contributed by atoms with Gasteiger partial charge < -0.3 is 10.1 Å². The Kier molecular flexibility index (Phi) is 4.87. The van der Waals surface area contributed by atoms with Crippen molar-refractivity contribution in [2.45, 2.75) is 20.4 Å². The number of nitrogens with one attached hydrogen (secondary N) is 1. The van der Waals surface area contributed by atoms with Gasteiger partial charge in [0, 0.05) is 11.0 Å². The Bertz CT molecular complexity index is 543. The summed E-state index contributed by atoms with van der Waals surface area (Å²) in [5.74, 6) is 1.29. The molecule has 0 atom stereocenters. The number of hydrogen-bond acceptors (Lipinski definition) is 4. The number of rotatable bonds is 5. The van der Waals surface area contributed by atoms with Gasteiger partial charge in [0.1, 0.15) is 5.75 Å². The van der Waals surface area contributed by atoms with E-state index in [9.17, 15) is 0 Å². The molecule has 5 heteroatoms. The van der Waals surface area contributed by atoms with Gasteiger partial charge in [0.05, 0.1) is 18.1 Å². The van der Waals surface area contributed by atoms with Gasteiger partial charge in [-0.05, 0) is 37.2 Å². The molecule has 0 aliphatic carbocycles. The number of nitrogens with zero attached hydrogens (tertiary/aromatic N) is 2. The lowest BCUT2D eigenvalue weighted by Gasteiger charge is -2.08. The predicted octanol–water partition coefficient (Wildman–Crippen LogP) is 3.45. The zero-order chi connectivity index (χ0) is 13.7. The highest BCUT2D eigenvalue weighted by Crippen LogP contribution is 2.25. The molecule has 1 aromatic heterocycles. The van der Waals surface area contributed by atoms with Crippen LogP contribution in [0.25, 0.3) is 0 Å². The highest BCUT2D eigenvalue weighted by Gasteiger charge is 2.04. The molecule has 4 nitrogen and oxygen atoms in total. The third kappa shape index (κ3) is 4.01. The number of benzene rings is 1. The van der Waals surface area contributed by atoms with Gasteiger partial charge >= 0.3 is 0 Å². The van der Waals surface area contributed by atoms with Crippen molar-refractivity contribution in [2.24, 2.45) is 0 Å². The lowest BCUT2D eigenvalue weighted by Crippen LogP contribution is -2.13. The van der Waals surface area contributed by atoms with E-state index in [0.717, 1.165) is 34.6 Å². The molecule has 100 valence electrons. The molecule has 0 fully saturated rings. The van der Waals surface area contributed by atoms with E-state index in [1.807, 2.05) is 25.1 Å². The highest BCUT2D eigenvalue weighted by molar-refractivity contribution is 9.10. The van der Waals surface area contributed by atoms with Gasteiger partial charge in [-0.15, -0.1) is 0 Å². The van der Waals surface area contributed by atoms with E-state index in [2.05, 4.69) is 38.1 Å². The summed E-state index contributed by atoms with van der Waals surface area (Å²) in [4.78, 5) is 8.55. The molecule has 0 spiro atoms. The van der Waals surface area contributed by atoms with Crippen LogP contribution in [0.5, 0.6) is 11.6 Å². The minimum absolute atomic E-state index is 0.505. The molecule has 2 aromatic rings. The minimum atomic E-state index is 0.505. The highest BCUT2D eigenvalue weighted by atomic mass is 79.9. The first kappa shape index (κ1) is 14.0. The number of halogens is 1. The van der Waals surface area contributed by atoms with E-state index in [0.29, 0.717) is 5.88 Å². The second-order valence-electron chi connectivity index (χ2n) is 4.14. The van der Waals surface area contributed by atoms with Crippen molar-refractivity contribution in [1.29, 1.82) is 0 Å². The molecule has 1 heterocycles. The monoisotopic (exact) mass is 321 g/mol. The molecule has 0 saturated heterocycles. The van der Waals surface area contributed by atoms with E-state index in [-0.39, 0.29) is 0 Å². The molecule has 1 N–H and O–H groups in total. The predicted molar refractivity (Wildman–Crippen MR) is 78.4 cm³/mol. The third-order valence-corrected chi connectivity index (χ3v) is 3.08. The molecule has 0 aliphatic heterocycles. The van der Waals surface area contributed by atoms with Crippen molar-refractivity contribution in [3.63, 3.8) is 0 Å². The van der Waals surface area contributed by atoms with Gasteiger partial charge in [-0.25, -0.2) is 4.98 Å². The second-order valence-corrected chi connectivity index (χ2v) is 5.05. The lowest BCUT2D eigenvalue weighted by molar-refractivity contribution is 0.455. The second kappa shape index (κ2) is 6.63. The molecule has 0 aliphatic rings. The van der Waals surface area contributed by atoms with Gasteiger partial charge in [-0.2, -0.15) is 0 Å². The first-order chi connectivity index (χ1) is 9.19. The van der Waals surface area contributed by atoms with Crippen LogP contribution in [0, 0.1) is 6.92 Å². The van der Waals surface area contributed by atoms with Crippen LogP contribution in [0.1, 0.15) is 18.2 Å². The maximum atomic E-state index is 5.71. The van der Waals surface area contributed by atoms with Crippen LogP contribution in [-0.4, -0.2) is 16.5 Å². The first-order valence-electron chi connectivity index (χ1n) is 6.14. The van der Waals surface area contributed by atoms with Crippen LogP contribution in [-0.2, 0) is 6.54 Å². The van der Waals surface area contributed by atoms with Gasteiger partial charge in [0.15, 0.2) is 0 Å². The standard InChI is InChI=1S/C14H16BrN3O/c1-3-16-7-12-8-18-14(9-17-12)19-13-5-4-11(15)6-10(13)2/h4-6,8-9,16H,3,7H2,1-2H3. The molecule has 0 unspecified atom stereocenters. The van der Waals surface area contributed by atoms with Gasteiger partial charge in [-0.3, -0.25) is 4.98 Å². The summed E-state index contributed by atoms with van der Waals surface area (Å²) in [6.45, 7) is 5.69. The van der Waals surface area contributed by atoms with Crippen molar-refractivity contribution in [3.05, 3.63) is 46.3 Å². The summed E-state index contributed by atoms with van der Waals surface area (Å²) in [6, 6.07) is 5.85. The molecular weight excluding hydrogens is 306 g/mol. The van der Waals surface area contributed by atoms with Gasteiger partial charge in [-0.1, -0.05) is 22.9 Å². The molecule has 0 radical (unpaired) electrons. The van der Waals surface area contributed by atoms with E-state index in [1.165, 1.54) is 0 Å². The lowest BCUT2D eigenvalue weighted by atomic mass is 10.2. The normalized spacial score (nSPS) is 10.5. The Balaban J connectivity index is 2.06. The number of ether oxygens (including phenoxy) is 1. The van der Waals surface area contributed by atoms with Crippen molar-refractivity contribution >= 4 is 15.9 Å². The molecule has 0 saturated carbocycles. The minimum Gasteiger partial charge on any atom is -0.437 e. The third-order valence-electron chi connectivity index (χ3n) is 2.59. The summed E-state index contributed by atoms with van der Waals surface area (Å²) in [7, 11) is 0. The van der Waals surface area contributed by atoms with Crippen molar-refractivity contribution < 1.29 is 4.74 Å². The van der Waals surface area contributed by atoms with E-state index >= 15 is 0 Å². The van der Waals surface area contributed by atoms with Crippen LogP contribution >= 0.6 is 15.9 Å². The maximum Gasteiger partial charge on any atom is 0.237 e. The average Bonchev–Trinajstić information content (AvgIpc) is 2.41. The Morgan fingerprint density at radius 2 is 2.11 bits per heavy atom. The largest absolute Gasteiger partial charge is 0.437 e. The van der Waals surface area contributed by atoms with Crippen LogP contribution in [0.2, 0.25) is 0 Å². The summed E-state index contributed by atoms with van der Waals surface area (Å²) in [6.07, 6.45) is 3.38. The summed E-state index contributed by atoms with van der Waals surface area (Å²) >= 11 is 3.42. The summed E-state index contributed by atoms with van der Waals surface area (Å²) in [5.41, 5.74) is 1.95. The smallest absolute Gasteiger partial charge is 0.237 e. The SMILES string of the molecule is CCNCc1cnc(Oc2ccc(Br)cc2C)cn1. The molecule has 19 heavy (non-hydrogen) atoms. The van der Waals surface area contributed by atoms with Crippen LogP contribution in [0.3, 0.4) is 0 Å². The Morgan fingerprint density at radius 3 is 2.74 bits per heavy atom. The topological polar surface area (TPSA) is 47.0 Å². The van der Waals surface area contributed by atoms with Gasteiger partial charge in [0.25, 0.3) is 0 Å². The van der Waals surface area contributed by atoms with E-state index in [1.54, 1.807) is 12.4 Å². The molecule has 0 bridgehead atoms. The summed E-state index contributed by atoms with van der Waals surface area (Å²) in [5, 5.41) is 3.20. The molecular formula is C14H16BrN3O. The van der Waals surface area contributed by atoms with Gasteiger partial charge in [0.2, 0.25) is 5.88 Å². The Morgan fingerprint density at radius 1 is 1.26 bits per heavy atom. The molecule has 0 amide bonds. The zero-order valence-electron chi connectivity index (χ0n) is 11.0. The van der Waals surface area contributed by atoms with Crippen LogP contribution < -0.4 is 10.1 Å². The fourth-order valence-corrected chi connectivity index (χ4v) is 2.06. The van der Waals surface area contributed by atoms with Crippen LogP contribution in [0.15, 0.2) is 35.1 Å². The number of aromatic nitrogens is 2. The van der Waals surface area contributed by atoms with Crippen LogP contribution in [0.4, 0.5) is 0 Å². The molecule has 2 rings (SSSR count). The van der Waals surface area contributed by atoms with E-state index < -0.39 is 0 Å². The van der Waals surface area contributed by atoms with E-state index in [4.69, 9.17) is 4.74 Å². The first-order valence-corrected chi connectivity index (χ1v) is 6.94. The number of aryl methyl sites for hydroxylation is 1. The van der Waals surface area contributed by atoms with Crippen molar-refractivity contribution in [2.75, 3.05) is 6.54 Å². The maximum absolute atomic E-state index is 5.71. The van der Waals surface area contributed by atoms with Crippen molar-refractivity contribution in [1.82, 2.24) is 15.3 Å². The fourth-order valence-electron chi connectivity index (χ4n) is 1.58. The fraction of sp³-hybridized carbons (Fsp3) is 0.286. The zero-order valence-corrected chi connectivity index (χ0v) is 12.6. The quantitative estimate of drug-likeness (QED) is 0.916. The average molecular weight is 322 g/mol. The Hall–Kier alpha value is -1.46. The number of hydrogen-bond donors (Lipinski definition) is 1. The summed E-state index contributed by atoms with van der Waals surface area (Å²) < 4.78 is 6.74. The molecule has 1 aromatic carbocycles.